The summed E-state index contributed by atoms with van der Waals surface area (Å²) in [5.41, 5.74) is 8.15. The molecule has 1 aromatic carbocycles. The third-order valence-electron chi connectivity index (χ3n) is 3.01. The molecular formula is C14H13N5O. The summed E-state index contributed by atoms with van der Waals surface area (Å²) in [4.78, 5) is 22.9. The number of aryl methyl sites for hydroxylation is 1. The van der Waals surface area contributed by atoms with Crippen LogP contribution in [-0.2, 0) is 0 Å². The van der Waals surface area contributed by atoms with Crippen molar-refractivity contribution in [2.75, 3.05) is 5.32 Å². The molecule has 0 bridgehead atoms. The maximum atomic E-state index is 11.4. The molecule has 0 unspecified atom stereocenters. The molecule has 6 nitrogen and oxygen atoms in total. The molecule has 0 fully saturated rings. The molecule has 1 amide bonds. The highest BCUT2D eigenvalue weighted by Crippen LogP contribution is 2.25. The van der Waals surface area contributed by atoms with Gasteiger partial charge in [0.1, 0.15) is 17.8 Å². The molecule has 4 N–H and O–H groups in total. The molecule has 2 heterocycles. The van der Waals surface area contributed by atoms with Crippen LogP contribution in [0.15, 0.2) is 36.7 Å². The van der Waals surface area contributed by atoms with Gasteiger partial charge in [-0.3, -0.25) is 4.79 Å². The fourth-order valence-electron chi connectivity index (χ4n) is 2.11. The Bertz CT molecular complexity index is 793. The monoisotopic (exact) mass is 267 g/mol. The number of aromatic nitrogens is 3. The van der Waals surface area contributed by atoms with Crippen LogP contribution in [0, 0.1) is 6.92 Å². The number of nitrogens with zero attached hydrogens (tertiary/aromatic N) is 2. The zero-order valence-electron chi connectivity index (χ0n) is 10.8. The first-order valence-corrected chi connectivity index (χ1v) is 6.11. The number of H-pyrrole nitrogens is 1. The van der Waals surface area contributed by atoms with Gasteiger partial charge in [0, 0.05) is 5.69 Å². The molecule has 6 heteroatoms. The molecule has 0 aliphatic carbocycles. The summed E-state index contributed by atoms with van der Waals surface area (Å²) in [5.74, 6) is 0.150. The number of aromatic amines is 1. The van der Waals surface area contributed by atoms with E-state index in [1.807, 2.05) is 19.1 Å². The van der Waals surface area contributed by atoms with Gasteiger partial charge < -0.3 is 16.0 Å². The standard InChI is InChI=1S/C14H13N5O/c1-8-6-10-13(18-8)16-7-17-14(10)19-11-5-3-2-4-9(11)12(15)20/h2-7H,1H3,(H2,15,20)(H2,16,17,18,19). The van der Waals surface area contributed by atoms with Gasteiger partial charge in [-0.05, 0) is 25.1 Å². The summed E-state index contributed by atoms with van der Waals surface area (Å²) in [6, 6.07) is 9.00. The number of benzene rings is 1. The molecule has 2 aromatic heterocycles. The van der Waals surface area contributed by atoms with Crippen molar-refractivity contribution in [2.45, 2.75) is 6.92 Å². The van der Waals surface area contributed by atoms with Gasteiger partial charge in [-0.15, -0.1) is 0 Å². The third kappa shape index (κ3) is 2.07. The van der Waals surface area contributed by atoms with E-state index in [-0.39, 0.29) is 0 Å². The molecule has 0 aliphatic rings. The summed E-state index contributed by atoms with van der Waals surface area (Å²) in [7, 11) is 0. The first kappa shape index (κ1) is 12.2. The Hall–Kier alpha value is -2.89. The molecule has 20 heavy (non-hydrogen) atoms. The summed E-state index contributed by atoms with van der Waals surface area (Å²) in [6.07, 6.45) is 1.47. The second-order valence-electron chi connectivity index (χ2n) is 4.47. The Morgan fingerprint density at radius 2 is 2.10 bits per heavy atom. The number of hydrogen-bond donors (Lipinski definition) is 3. The van der Waals surface area contributed by atoms with Crippen LogP contribution in [0.3, 0.4) is 0 Å². The average Bonchev–Trinajstić information content (AvgIpc) is 2.80. The fraction of sp³-hybridized carbons (Fsp3) is 0.0714. The molecule has 3 aromatic rings. The van der Waals surface area contributed by atoms with Crippen LogP contribution in [-0.4, -0.2) is 20.9 Å². The molecule has 0 atom stereocenters. The number of para-hydroxylation sites is 1. The van der Waals surface area contributed by atoms with Gasteiger partial charge in [0.2, 0.25) is 0 Å². The van der Waals surface area contributed by atoms with Crippen LogP contribution < -0.4 is 11.1 Å². The first-order chi connectivity index (χ1) is 9.65. The van der Waals surface area contributed by atoms with Gasteiger partial charge in [0.15, 0.2) is 0 Å². The lowest BCUT2D eigenvalue weighted by Crippen LogP contribution is -2.13. The third-order valence-corrected chi connectivity index (χ3v) is 3.01. The number of carbonyl (C=O) groups is 1. The minimum absolute atomic E-state index is 0.423. The van der Waals surface area contributed by atoms with Crippen molar-refractivity contribution in [1.82, 2.24) is 15.0 Å². The first-order valence-electron chi connectivity index (χ1n) is 6.11. The number of nitrogens with one attached hydrogen (secondary N) is 2. The zero-order valence-corrected chi connectivity index (χ0v) is 10.8. The topological polar surface area (TPSA) is 96.7 Å². The molecule has 0 saturated heterocycles. The van der Waals surface area contributed by atoms with Crippen LogP contribution in [0.2, 0.25) is 0 Å². The van der Waals surface area contributed by atoms with Gasteiger partial charge in [0.05, 0.1) is 16.6 Å². The van der Waals surface area contributed by atoms with E-state index in [4.69, 9.17) is 5.73 Å². The summed E-state index contributed by atoms with van der Waals surface area (Å²) >= 11 is 0. The smallest absolute Gasteiger partial charge is 0.250 e. The highest BCUT2D eigenvalue weighted by molar-refractivity contribution is 6.00. The molecule has 0 radical (unpaired) electrons. The number of primary amides is 1. The maximum absolute atomic E-state index is 11.4. The number of amides is 1. The Kier molecular flexibility index (Phi) is 2.83. The second kappa shape index (κ2) is 4.65. The normalized spacial score (nSPS) is 10.7. The van der Waals surface area contributed by atoms with Gasteiger partial charge in [-0.2, -0.15) is 0 Å². The van der Waals surface area contributed by atoms with Crippen molar-refractivity contribution in [3.63, 3.8) is 0 Å². The summed E-state index contributed by atoms with van der Waals surface area (Å²) in [6.45, 7) is 1.95. The molecular weight excluding hydrogens is 254 g/mol. The predicted molar refractivity (Wildman–Crippen MR) is 76.9 cm³/mol. The Morgan fingerprint density at radius 1 is 1.30 bits per heavy atom. The predicted octanol–water partition coefficient (Wildman–Crippen LogP) is 2.11. The number of rotatable bonds is 3. The number of hydrogen-bond acceptors (Lipinski definition) is 4. The lowest BCUT2D eigenvalue weighted by atomic mass is 10.1. The average molecular weight is 267 g/mol. The molecule has 100 valence electrons. The number of carbonyl (C=O) groups excluding carboxylic acids is 1. The van der Waals surface area contributed by atoms with Crippen molar-refractivity contribution in [2.24, 2.45) is 5.73 Å². The van der Waals surface area contributed by atoms with E-state index in [9.17, 15) is 4.79 Å². The molecule has 0 aliphatic heterocycles. The lowest BCUT2D eigenvalue weighted by Gasteiger charge is -2.09. The Balaban J connectivity index is 2.08. The van der Waals surface area contributed by atoms with Gasteiger partial charge in [0.25, 0.3) is 5.91 Å². The second-order valence-corrected chi connectivity index (χ2v) is 4.47. The van der Waals surface area contributed by atoms with E-state index in [1.54, 1.807) is 18.2 Å². The van der Waals surface area contributed by atoms with E-state index < -0.39 is 5.91 Å². The summed E-state index contributed by atoms with van der Waals surface area (Å²) < 4.78 is 0. The van der Waals surface area contributed by atoms with E-state index in [0.29, 0.717) is 17.1 Å². The number of fused-ring (bicyclic) bond motifs is 1. The summed E-state index contributed by atoms with van der Waals surface area (Å²) in [5, 5.41) is 4.00. The largest absolute Gasteiger partial charge is 0.366 e. The van der Waals surface area contributed by atoms with Crippen molar-refractivity contribution in [3.8, 4) is 0 Å². The Morgan fingerprint density at radius 3 is 2.90 bits per heavy atom. The van der Waals surface area contributed by atoms with Crippen molar-refractivity contribution in [1.29, 1.82) is 0 Å². The van der Waals surface area contributed by atoms with E-state index in [2.05, 4.69) is 20.3 Å². The van der Waals surface area contributed by atoms with E-state index in [1.165, 1.54) is 6.33 Å². The van der Waals surface area contributed by atoms with E-state index in [0.717, 1.165) is 16.7 Å². The molecule has 0 saturated carbocycles. The Labute approximate surface area is 115 Å². The fourth-order valence-corrected chi connectivity index (χ4v) is 2.11. The number of anilines is 2. The SMILES string of the molecule is Cc1cc2c(Nc3ccccc3C(N)=O)ncnc2[nH]1. The van der Waals surface area contributed by atoms with Crippen LogP contribution in [0.25, 0.3) is 11.0 Å². The van der Waals surface area contributed by atoms with Crippen LogP contribution in [0.1, 0.15) is 16.1 Å². The van der Waals surface area contributed by atoms with Crippen molar-refractivity contribution >= 4 is 28.4 Å². The maximum Gasteiger partial charge on any atom is 0.250 e. The van der Waals surface area contributed by atoms with Gasteiger partial charge in [-0.1, -0.05) is 12.1 Å². The number of nitrogens with two attached hydrogens (primary N) is 1. The van der Waals surface area contributed by atoms with Gasteiger partial charge >= 0.3 is 0 Å². The minimum atomic E-state index is -0.483. The van der Waals surface area contributed by atoms with E-state index >= 15 is 0 Å². The van der Waals surface area contributed by atoms with Crippen molar-refractivity contribution in [3.05, 3.63) is 47.9 Å². The zero-order chi connectivity index (χ0) is 14.1. The van der Waals surface area contributed by atoms with Crippen LogP contribution in [0.5, 0.6) is 0 Å². The molecule has 3 rings (SSSR count). The lowest BCUT2D eigenvalue weighted by molar-refractivity contribution is 0.100. The highest BCUT2D eigenvalue weighted by Gasteiger charge is 2.11. The highest BCUT2D eigenvalue weighted by atomic mass is 16.1. The van der Waals surface area contributed by atoms with Crippen LogP contribution >= 0.6 is 0 Å². The van der Waals surface area contributed by atoms with Crippen molar-refractivity contribution < 1.29 is 4.79 Å². The quantitative estimate of drug-likeness (QED) is 0.677. The van der Waals surface area contributed by atoms with Gasteiger partial charge in [-0.25, -0.2) is 9.97 Å². The molecule has 0 spiro atoms. The minimum Gasteiger partial charge on any atom is -0.366 e. The van der Waals surface area contributed by atoms with Crippen LogP contribution in [0.4, 0.5) is 11.5 Å².